The van der Waals surface area contributed by atoms with Crippen LogP contribution in [0, 0.1) is 0 Å². The fourth-order valence-corrected chi connectivity index (χ4v) is 4.80. The van der Waals surface area contributed by atoms with Crippen LogP contribution < -0.4 is 4.74 Å². The van der Waals surface area contributed by atoms with Crippen molar-refractivity contribution in [2.24, 2.45) is 0 Å². The molecule has 21 heavy (non-hydrogen) atoms. The minimum Gasteiger partial charge on any atom is -0.492 e. The summed E-state index contributed by atoms with van der Waals surface area (Å²) in [7, 11) is -2.56. The molecule has 0 bridgehead atoms. The summed E-state index contributed by atoms with van der Waals surface area (Å²) >= 11 is 6.05. The van der Waals surface area contributed by atoms with Gasteiger partial charge in [0.15, 0.2) is 0 Å². The van der Waals surface area contributed by atoms with E-state index in [-0.39, 0.29) is 0 Å². The van der Waals surface area contributed by atoms with Gasteiger partial charge in [0.1, 0.15) is 5.75 Å². The van der Waals surface area contributed by atoms with Gasteiger partial charge in [0, 0.05) is 25.9 Å². The van der Waals surface area contributed by atoms with Crippen molar-refractivity contribution >= 4 is 20.4 Å². The molecule has 0 fully saturated rings. The number of para-hydroxylation sites is 1. The topological polar surface area (TPSA) is 36.9 Å². The van der Waals surface area contributed by atoms with Crippen molar-refractivity contribution in [2.45, 2.75) is 33.2 Å². The first kappa shape index (κ1) is 18.5. The zero-order chi connectivity index (χ0) is 15.6. The standard InChI is InChI=1S/C15H25ClO4Si/c1-4-18-21(19-5-2,20-6-3)13-9-12-17-15-11-8-7-10-14(15)16/h7-8,10-11H,4-6,9,12-13H2,1-3H3. The molecule has 1 rings (SSSR count). The monoisotopic (exact) mass is 332 g/mol. The minimum atomic E-state index is -2.56. The molecule has 120 valence electrons. The molecular formula is C15H25ClO4Si. The third-order valence-electron chi connectivity index (χ3n) is 2.81. The third kappa shape index (κ3) is 6.36. The van der Waals surface area contributed by atoms with E-state index in [4.69, 9.17) is 29.6 Å². The highest BCUT2D eigenvalue weighted by molar-refractivity contribution is 6.60. The van der Waals surface area contributed by atoms with Crippen LogP contribution in [0.4, 0.5) is 0 Å². The summed E-state index contributed by atoms with van der Waals surface area (Å²) < 4.78 is 23.1. The summed E-state index contributed by atoms with van der Waals surface area (Å²) in [5, 5.41) is 0.625. The largest absolute Gasteiger partial charge is 0.501 e. The van der Waals surface area contributed by atoms with Gasteiger partial charge < -0.3 is 18.0 Å². The molecular weight excluding hydrogens is 308 g/mol. The molecule has 0 aliphatic heterocycles. The molecule has 1 aromatic carbocycles. The smallest absolute Gasteiger partial charge is 0.492 e. The lowest BCUT2D eigenvalue weighted by Gasteiger charge is -2.28. The van der Waals surface area contributed by atoms with E-state index < -0.39 is 8.80 Å². The second-order valence-electron chi connectivity index (χ2n) is 4.36. The molecule has 6 heteroatoms. The first-order valence-electron chi connectivity index (χ1n) is 7.46. The Kier molecular flexibility index (Phi) is 8.95. The SMILES string of the molecule is CCO[Si](CCCOc1ccccc1Cl)(OCC)OCC. The van der Waals surface area contributed by atoms with Crippen molar-refractivity contribution < 1.29 is 18.0 Å². The third-order valence-corrected chi connectivity index (χ3v) is 6.28. The Morgan fingerprint density at radius 1 is 0.952 bits per heavy atom. The molecule has 0 N–H and O–H groups in total. The van der Waals surface area contributed by atoms with E-state index in [1.807, 2.05) is 45.0 Å². The highest BCUT2D eigenvalue weighted by atomic mass is 35.5. The maximum Gasteiger partial charge on any atom is 0.501 e. The van der Waals surface area contributed by atoms with Crippen LogP contribution >= 0.6 is 11.6 Å². The minimum absolute atomic E-state index is 0.561. The van der Waals surface area contributed by atoms with Crippen molar-refractivity contribution in [2.75, 3.05) is 26.4 Å². The Morgan fingerprint density at radius 2 is 1.52 bits per heavy atom. The Labute approximate surface area is 133 Å². The summed E-state index contributed by atoms with van der Waals surface area (Å²) in [5.74, 6) is 0.704. The molecule has 0 saturated carbocycles. The van der Waals surface area contributed by atoms with E-state index in [0.29, 0.717) is 37.2 Å². The van der Waals surface area contributed by atoms with Gasteiger partial charge in [0.25, 0.3) is 0 Å². The van der Waals surface area contributed by atoms with Crippen LogP contribution in [-0.4, -0.2) is 35.2 Å². The summed E-state index contributed by atoms with van der Waals surface area (Å²) in [6, 6.07) is 8.21. The van der Waals surface area contributed by atoms with Gasteiger partial charge in [-0.3, -0.25) is 0 Å². The predicted octanol–water partition coefficient (Wildman–Crippen LogP) is 4.16. The molecule has 0 amide bonds. The zero-order valence-corrected chi connectivity index (χ0v) is 14.8. The van der Waals surface area contributed by atoms with Crippen molar-refractivity contribution in [1.29, 1.82) is 0 Å². The second kappa shape index (κ2) is 10.2. The zero-order valence-electron chi connectivity index (χ0n) is 13.1. The van der Waals surface area contributed by atoms with Crippen LogP contribution in [-0.2, 0) is 13.3 Å². The van der Waals surface area contributed by atoms with Crippen LogP contribution in [0.25, 0.3) is 0 Å². The molecule has 0 radical (unpaired) electrons. The number of ether oxygens (including phenoxy) is 1. The summed E-state index contributed by atoms with van der Waals surface area (Å²) in [4.78, 5) is 0. The van der Waals surface area contributed by atoms with Gasteiger partial charge in [-0.2, -0.15) is 0 Å². The Balaban J connectivity index is 2.47. The van der Waals surface area contributed by atoms with Crippen molar-refractivity contribution in [1.82, 2.24) is 0 Å². The highest BCUT2D eigenvalue weighted by Crippen LogP contribution is 2.24. The molecule has 1 aromatic rings. The lowest BCUT2D eigenvalue weighted by molar-refractivity contribution is 0.0697. The molecule has 0 aromatic heterocycles. The molecule has 0 heterocycles. The molecule has 4 nitrogen and oxygen atoms in total. The van der Waals surface area contributed by atoms with Crippen LogP contribution in [0.5, 0.6) is 5.75 Å². The number of benzene rings is 1. The Hall–Kier alpha value is -0.593. The quantitative estimate of drug-likeness (QED) is 0.450. The van der Waals surface area contributed by atoms with E-state index in [1.165, 1.54) is 0 Å². The van der Waals surface area contributed by atoms with E-state index in [9.17, 15) is 0 Å². The Morgan fingerprint density at radius 3 is 2.05 bits per heavy atom. The fourth-order valence-electron chi connectivity index (χ4n) is 2.03. The number of hydrogen-bond acceptors (Lipinski definition) is 4. The van der Waals surface area contributed by atoms with Crippen molar-refractivity contribution in [3.05, 3.63) is 29.3 Å². The lowest BCUT2D eigenvalue weighted by Crippen LogP contribution is -2.46. The molecule has 0 spiro atoms. The maximum atomic E-state index is 6.05. The fraction of sp³-hybridized carbons (Fsp3) is 0.600. The highest BCUT2D eigenvalue weighted by Gasteiger charge is 2.39. The van der Waals surface area contributed by atoms with Crippen molar-refractivity contribution in [3.63, 3.8) is 0 Å². The first-order valence-corrected chi connectivity index (χ1v) is 9.77. The van der Waals surface area contributed by atoms with E-state index >= 15 is 0 Å². The van der Waals surface area contributed by atoms with Gasteiger partial charge in [-0.05, 0) is 39.3 Å². The number of rotatable bonds is 11. The first-order chi connectivity index (χ1) is 10.2. The van der Waals surface area contributed by atoms with Crippen molar-refractivity contribution in [3.8, 4) is 5.75 Å². The molecule has 0 unspecified atom stereocenters. The number of halogens is 1. The van der Waals surface area contributed by atoms with Crippen LogP contribution in [0.2, 0.25) is 11.1 Å². The van der Waals surface area contributed by atoms with Gasteiger partial charge >= 0.3 is 8.80 Å². The lowest BCUT2D eigenvalue weighted by atomic mass is 10.3. The van der Waals surface area contributed by atoms with Crippen LogP contribution in [0.3, 0.4) is 0 Å². The van der Waals surface area contributed by atoms with Gasteiger partial charge in [-0.1, -0.05) is 23.7 Å². The summed E-state index contributed by atoms with van der Waals surface area (Å²) in [6.45, 7) is 8.22. The molecule has 0 saturated heterocycles. The summed E-state index contributed by atoms with van der Waals surface area (Å²) in [6.07, 6.45) is 0.803. The number of hydrogen-bond donors (Lipinski definition) is 0. The average molecular weight is 333 g/mol. The van der Waals surface area contributed by atoms with Crippen LogP contribution in [0.1, 0.15) is 27.2 Å². The summed E-state index contributed by atoms with van der Waals surface area (Å²) in [5.41, 5.74) is 0. The molecule has 0 aliphatic rings. The maximum absolute atomic E-state index is 6.05. The van der Waals surface area contributed by atoms with E-state index in [1.54, 1.807) is 0 Å². The normalized spacial score (nSPS) is 11.6. The van der Waals surface area contributed by atoms with Crippen LogP contribution in [0.15, 0.2) is 24.3 Å². The van der Waals surface area contributed by atoms with E-state index in [2.05, 4.69) is 0 Å². The van der Waals surface area contributed by atoms with Gasteiger partial charge in [-0.25, -0.2) is 0 Å². The van der Waals surface area contributed by atoms with Gasteiger partial charge in [0.05, 0.1) is 11.6 Å². The molecule has 0 aliphatic carbocycles. The molecule has 0 atom stereocenters. The van der Waals surface area contributed by atoms with Gasteiger partial charge in [0.2, 0.25) is 0 Å². The predicted molar refractivity (Wildman–Crippen MR) is 87.0 cm³/mol. The van der Waals surface area contributed by atoms with E-state index in [0.717, 1.165) is 12.5 Å². The van der Waals surface area contributed by atoms with Gasteiger partial charge in [-0.15, -0.1) is 0 Å². The second-order valence-corrected chi connectivity index (χ2v) is 7.50. The Bertz CT molecular complexity index is 386. The average Bonchev–Trinajstić information content (AvgIpc) is 2.46.